The van der Waals surface area contributed by atoms with E-state index in [0.717, 1.165) is 11.1 Å². The molecular formula is C23H29N3O2. The lowest BCUT2D eigenvalue weighted by Gasteiger charge is -2.27. The number of amides is 2. The van der Waals surface area contributed by atoms with E-state index in [1.54, 1.807) is 11.0 Å². The summed E-state index contributed by atoms with van der Waals surface area (Å²) in [6, 6.07) is 16.8. The van der Waals surface area contributed by atoms with Crippen LogP contribution in [-0.4, -0.2) is 41.9 Å². The van der Waals surface area contributed by atoms with Gasteiger partial charge in [0.25, 0.3) is 5.91 Å². The third-order valence-electron chi connectivity index (χ3n) is 5.40. The van der Waals surface area contributed by atoms with Gasteiger partial charge in [0.15, 0.2) is 0 Å². The number of aryl methyl sites for hydroxylation is 1. The molecule has 1 unspecified atom stereocenters. The Morgan fingerprint density at radius 2 is 1.79 bits per heavy atom. The first-order valence-corrected chi connectivity index (χ1v) is 9.83. The number of likely N-dealkylation sites (tertiary alicyclic amines) is 1. The Hall–Kier alpha value is -2.66. The quantitative estimate of drug-likeness (QED) is 0.839. The molecule has 1 aliphatic heterocycles. The molecular weight excluding hydrogens is 350 g/mol. The standard InChI is InChI=1S/C23H29N3O2/c1-15(2)21(25-22(27)18-11-7-8-16(3)12-18)23(28)26-13-19(20(24)14-26)17-9-5-4-6-10-17/h4-12,15,19-21H,13-14,24H2,1-3H3,(H,25,27)/t19-,20+,21?/m0/s1. The summed E-state index contributed by atoms with van der Waals surface area (Å²) in [6.45, 7) is 6.92. The van der Waals surface area contributed by atoms with Crippen LogP contribution in [0.15, 0.2) is 54.6 Å². The van der Waals surface area contributed by atoms with E-state index in [-0.39, 0.29) is 29.7 Å². The molecule has 2 amide bonds. The van der Waals surface area contributed by atoms with Crippen molar-refractivity contribution >= 4 is 11.8 Å². The second kappa shape index (κ2) is 8.57. The first kappa shape index (κ1) is 20.1. The number of nitrogens with zero attached hydrogens (tertiary/aromatic N) is 1. The molecule has 1 fully saturated rings. The Morgan fingerprint density at radius 1 is 1.07 bits per heavy atom. The van der Waals surface area contributed by atoms with Gasteiger partial charge < -0.3 is 16.0 Å². The molecule has 5 nitrogen and oxygen atoms in total. The van der Waals surface area contributed by atoms with Crippen molar-refractivity contribution in [2.24, 2.45) is 11.7 Å². The highest BCUT2D eigenvalue weighted by molar-refractivity contribution is 5.97. The predicted octanol–water partition coefficient (Wildman–Crippen LogP) is 2.70. The van der Waals surface area contributed by atoms with Crippen LogP contribution in [0.1, 0.15) is 41.3 Å². The van der Waals surface area contributed by atoms with E-state index in [9.17, 15) is 9.59 Å². The lowest BCUT2D eigenvalue weighted by Crippen LogP contribution is -2.51. The van der Waals surface area contributed by atoms with Gasteiger partial charge in [-0.25, -0.2) is 0 Å². The highest BCUT2D eigenvalue weighted by Crippen LogP contribution is 2.27. The average Bonchev–Trinajstić information content (AvgIpc) is 3.07. The van der Waals surface area contributed by atoms with Gasteiger partial charge in [-0.2, -0.15) is 0 Å². The molecule has 0 aliphatic carbocycles. The maximum Gasteiger partial charge on any atom is 0.251 e. The van der Waals surface area contributed by atoms with Crippen LogP contribution in [-0.2, 0) is 4.79 Å². The van der Waals surface area contributed by atoms with Gasteiger partial charge in [-0.3, -0.25) is 9.59 Å². The molecule has 5 heteroatoms. The molecule has 1 aliphatic rings. The Morgan fingerprint density at radius 3 is 2.43 bits per heavy atom. The normalized spacial score (nSPS) is 20.2. The molecule has 3 N–H and O–H groups in total. The van der Waals surface area contributed by atoms with Crippen molar-refractivity contribution in [2.75, 3.05) is 13.1 Å². The summed E-state index contributed by atoms with van der Waals surface area (Å²) >= 11 is 0. The minimum Gasteiger partial charge on any atom is -0.340 e. The van der Waals surface area contributed by atoms with Gasteiger partial charge in [0, 0.05) is 30.6 Å². The number of hydrogen-bond acceptors (Lipinski definition) is 3. The maximum absolute atomic E-state index is 13.2. The molecule has 0 aromatic heterocycles. The van der Waals surface area contributed by atoms with Crippen molar-refractivity contribution in [1.82, 2.24) is 10.2 Å². The zero-order chi connectivity index (χ0) is 20.3. The van der Waals surface area contributed by atoms with Crippen molar-refractivity contribution in [1.29, 1.82) is 0 Å². The van der Waals surface area contributed by atoms with Crippen LogP contribution in [0.5, 0.6) is 0 Å². The number of carbonyl (C=O) groups excluding carboxylic acids is 2. The molecule has 0 spiro atoms. The largest absolute Gasteiger partial charge is 0.340 e. The van der Waals surface area contributed by atoms with E-state index in [1.807, 2.05) is 57.2 Å². The third-order valence-corrected chi connectivity index (χ3v) is 5.40. The van der Waals surface area contributed by atoms with Gasteiger partial charge in [-0.1, -0.05) is 61.9 Å². The number of nitrogens with two attached hydrogens (primary N) is 1. The average molecular weight is 380 g/mol. The zero-order valence-electron chi connectivity index (χ0n) is 16.8. The highest BCUT2D eigenvalue weighted by Gasteiger charge is 2.37. The fourth-order valence-electron chi connectivity index (χ4n) is 3.78. The monoisotopic (exact) mass is 379 g/mol. The lowest BCUT2D eigenvalue weighted by molar-refractivity contribution is -0.133. The van der Waals surface area contributed by atoms with E-state index in [4.69, 9.17) is 5.73 Å². The third kappa shape index (κ3) is 4.42. The van der Waals surface area contributed by atoms with Gasteiger partial charge in [-0.15, -0.1) is 0 Å². The number of benzene rings is 2. The van der Waals surface area contributed by atoms with E-state index in [0.29, 0.717) is 18.7 Å². The van der Waals surface area contributed by atoms with Crippen molar-refractivity contribution in [3.05, 3.63) is 71.3 Å². The van der Waals surface area contributed by atoms with Gasteiger partial charge in [-0.05, 0) is 30.5 Å². The first-order valence-electron chi connectivity index (χ1n) is 9.83. The number of rotatable bonds is 5. The minimum atomic E-state index is -0.574. The van der Waals surface area contributed by atoms with Gasteiger partial charge in [0.05, 0.1) is 0 Å². The Labute approximate surface area is 166 Å². The van der Waals surface area contributed by atoms with Crippen LogP contribution in [0.2, 0.25) is 0 Å². The summed E-state index contributed by atoms with van der Waals surface area (Å²) in [6.07, 6.45) is 0. The van der Waals surface area contributed by atoms with Crippen LogP contribution in [0.3, 0.4) is 0 Å². The van der Waals surface area contributed by atoms with Gasteiger partial charge in [0.2, 0.25) is 5.91 Å². The number of carbonyl (C=O) groups is 2. The second-order valence-corrected chi connectivity index (χ2v) is 7.99. The maximum atomic E-state index is 13.2. The SMILES string of the molecule is Cc1cccc(C(=O)NC(C(=O)N2C[C@@H](N)[C@H](c3ccccc3)C2)C(C)C)c1. The number of hydrogen-bond donors (Lipinski definition) is 2. The summed E-state index contributed by atoms with van der Waals surface area (Å²) < 4.78 is 0. The Bertz CT molecular complexity index is 835. The van der Waals surface area contributed by atoms with Crippen LogP contribution in [0.4, 0.5) is 0 Å². The molecule has 3 atom stereocenters. The molecule has 148 valence electrons. The van der Waals surface area contributed by atoms with Crippen LogP contribution in [0, 0.1) is 12.8 Å². The zero-order valence-corrected chi connectivity index (χ0v) is 16.8. The van der Waals surface area contributed by atoms with E-state index >= 15 is 0 Å². The second-order valence-electron chi connectivity index (χ2n) is 7.99. The molecule has 0 radical (unpaired) electrons. The summed E-state index contributed by atoms with van der Waals surface area (Å²) in [5, 5.41) is 2.94. The van der Waals surface area contributed by atoms with Crippen LogP contribution in [0.25, 0.3) is 0 Å². The molecule has 2 aromatic rings. The van der Waals surface area contributed by atoms with E-state index < -0.39 is 6.04 Å². The summed E-state index contributed by atoms with van der Waals surface area (Å²) in [7, 11) is 0. The Kier molecular flexibility index (Phi) is 6.15. The van der Waals surface area contributed by atoms with E-state index in [2.05, 4.69) is 17.4 Å². The molecule has 28 heavy (non-hydrogen) atoms. The molecule has 1 saturated heterocycles. The summed E-state index contributed by atoms with van der Waals surface area (Å²) in [4.78, 5) is 27.7. The van der Waals surface area contributed by atoms with Crippen molar-refractivity contribution in [3.8, 4) is 0 Å². The molecule has 0 bridgehead atoms. The van der Waals surface area contributed by atoms with Crippen molar-refractivity contribution in [2.45, 2.75) is 38.8 Å². The number of nitrogens with one attached hydrogen (secondary N) is 1. The smallest absolute Gasteiger partial charge is 0.251 e. The minimum absolute atomic E-state index is 0.0201. The highest BCUT2D eigenvalue weighted by atomic mass is 16.2. The fraction of sp³-hybridized carbons (Fsp3) is 0.391. The topological polar surface area (TPSA) is 75.4 Å². The molecule has 3 rings (SSSR count). The van der Waals surface area contributed by atoms with Crippen molar-refractivity contribution < 1.29 is 9.59 Å². The summed E-state index contributed by atoms with van der Waals surface area (Å²) in [5.41, 5.74) is 9.07. The molecule has 1 heterocycles. The van der Waals surface area contributed by atoms with Gasteiger partial charge in [0.1, 0.15) is 6.04 Å². The van der Waals surface area contributed by atoms with Crippen LogP contribution >= 0.6 is 0 Å². The van der Waals surface area contributed by atoms with Gasteiger partial charge >= 0.3 is 0 Å². The van der Waals surface area contributed by atoms with E-state index in [1.165, 1.54) is 0 Å². The first-order chi connectivity index (χ1) is 13.4. The lowest BCUT2D eigenvalue weighted by atomic mass is 9.95. The van der Waals surface area contributed by atoms with Crippen molar-refractivity contribution in [3.63, 3.8) is 0 Å². The summed E-state index contributed by atoms with van der Waals surface area (Å²) in [5.74, 6) is -0.192. The molecule has 2 aromatic carbocycles. The Balaban J connectivity index is 1.72. The fourth-order valence-corrected chi connectivity index (χ4v) is 3.78. The molecule has 0 saturated carbocycles. The van der Waals surface area contributed by atoms with Crippen LogP contribution < -0.4 is 11.1 Å². The predicted molar refractivity (Wildman–Crippen MR) is 111 cm³/mol.